The van der Waals surface area contributed by atoms with Crippen molar-refractivity contribution in [2.75, 3.05) is 6.61 Å². The third-order valence-corrected chi connectivity index (χ3v) is 3.56. The summed E-state index contributed by atoms with van der Waals surface area (Å²) in [6.07, 6.45) is 0.359. The number of ether oxygens (including phenoxy) is 1. The molecule has 1 aliphatic rings. The topological polar surface area (TPSA) is 35.2 Å². The maximum absolute atomic E-state index is 12.7. The molecule has 0 spiro atoms. The van der Waals surface area contributed by atoms with Gasteiger partial charge in [-0.3, -0.25) is 0 Å². The van der Waals surface area contributed by atoms with Gasteiger partial charge < -0.3 is 10.5 Å². The van der Waals surface area contributed by atoms with Crippen molar-refractivity contribution in [3.8, 4) is 5.75 Å². The molecule has 5 heteroatoms. The van der Waals surface area contributed by atoms with Crippen LogP contribution in [0.2, 0.25) is 0 Å². The van der Waals surface area contributed by atoms with E-state index in [0.717, 1.165) is 18.9 Å². The third kappa shape index (κ3) is 3.62. The molecule has 2 rings (SSSR count). The second-order valence-corrected chi connectivity index (χ2v) is 4.98. The summed E-state index contributed by atoms with van der Waals surface area (Å²) >= 11 is 0. The van der Waals surface area contributed by atoms with E-state index in [1.807, 2.05) is 0 Å². The molecule has 0 bridgehead atoms. The number of benzene rings is 1. The van der Waals surface area contributed by atoms with Crippen LogP contribution in [-0.2, 0) is 12.7 Å². The maximum Gasteiger partial charge on any atom is 0.416 e. The van der Waals surface area contributed by atoms with Crippen LogP contribution in [-0.4, -0.2) is 6.61 Å². The first-order valence-corrected chi connectivity index (χ1v) is 6.53. The van der Waals surface area contributed by atoms with Gasteiger partial charge in [0.25, 0.3) is 0 Å². The van der Waals surface area contributed by atoms with E-state index in [9.17, 15) is 13.2 Å². The highest BCUT2D eigenvalue weighted by molar-refractivity contribution is 5.37. The Labute approximate surface area is 110 Å². The van der Waals surface area contributed by atoms with Crippen molar-refractivity contribution in [3.05, 3.63) is 29.3 Å². The van der Waals surface area contributed by atoms with Crippen LogP contribution in [0.3, 0.4) is 0 Å². The van der Waals surface area contributed by atoms with Gasteiger partial charge in [-0.2, -0.15) is 13.2 Å². The highest BCUT2D eigenvalue weighted by atomic mass is 19.4. The van der Waals surface area contributed by atoms with Crippen LogP contribution in [0.25, 0.3) is 0 Å². The lowest BCUT2D eigenvalue weighted by Crippen LogP contribution is -2.13. The molecule has 2 nitrogen and oxygen atoms in total. The molecule has 1 fully saturated rings. The van der Waals surface area contributed by atoms with Gasteiger partial charge >= 0.3 is 6.18 Å². The first-order chi connectivity index (χ1) is 9.00. The van der Waals surface area contributed by atoms with E-state index < -0.39 is 11.7 Å². The fourth-order valence-corrected chi connectivity index (χ4v) is 2.50. The Morgan fingerprint density at radius 2 is 1.89 bits per heavy atom. The largest absolute Gasteiger partial charge is 0.493 e. The number of nitrogens with two attached hydrogens (primary N) is 1. The summed E-state index contributed by atoms with van der Waals surface area (Å²) < 4.78 is 43.7. The van der Waals surface area contributed by atoms with Crippen molar-refractivity contribution in [1.82, 2.24) is 0 Å². The zero-order valence-electron chi connectivity index (χ0n) is 10.7. The van der Waals surface area contributed by atoms with Crippen molar-refractivity contribution < 1.29 is 17.9 Å². The van der Waals surface area contributed by atoms with Gasteiger partial charge in [-0.15, -0.1) is 0 Å². The van der Waals surface area contributed by atoms with Gasteiger partial charge in [-0.1, -0.05) is 12.8 Å². The second kappa shape index (κ2) is 5.82. The summed E-state index contributed by atoms with van der Waals surface area (Å²) in [4.78, 5) is 0. The third-order valence-electron chi connectivity index (χ3n) is 3.56. The summed E-state index contributed by atoms with van der Waals surface area (Å²) in [5, 5.41) is 0. The smallest absolute Gasteiger partial charge is 0.416 e. The Morgan fingerprint density at radius 1 is 1.21 bits per heavy atom. The molecule has 0 aromatic heterocycles. The van der Waals surface area contributed by atoms with Crippen LogP contribution in [0.5, 0.6) is 5.75 Å². The van der Waals surface area contributed by atoms with E-state index in [4.69, 9.17) is 10.5 Å². The number of hydrogen-bond acceptors (Lipinski definition) is 2. The molecule has 1 aromatic rings. The predicted molar refractivity (Wildman–Crippen MR) is 66.8 cm³/mol. The quantitative estimate of drug-likeness (QED) is 0.907. The lowest BCUT2D eigenvalue weighted by Gasteiger charge is -2.15. The number of alkyl halides is 3. The summed E-state index contributed by atoms with van der Waals surface area (Å²) in [6, 6.07) is 3.82. The summed E-state index contributed by atoms with van der Waals surface area (Å²) in [7, 11) is 0. The Morgan fingerprint density at radius 3 is 2.47 bits per heavy atom. The zero-order chi connectivity index (χ0) is 13.9. The average Bonchev–Trinajstić information content (AvgIpc) is 2.88. The van der Waals surface area contributed by atoms with Gasteiger partial charge in [-0.05, 0) is 42.5 Å². The normalized spacial score (nSPS) is 16.8. The van der Waals surface area contributed by atoms with Gasteiger partial charge in [0.2, 0.25) is 0 Å². The van der Waals surface area contributed by atoms with E-state index in [2.05, 4.69) is 0 Å². The molecule has 0 amide bonds. The predicted octanol–water partition coefficient (Wildman–Crippen LogP) is 3.73. The van der Waals surface area contributed by atoms with Crippen molar-refractivity contribution >= 4 is 0 Å². The van der Waals surface area contributed by atoms with E-state index in [1.54, 1.807) is 0 Å². The molecular formula is C14H18F3NO. The molecule has 1 aromatic carbocycles. The SMILES string of the molecule is NCc1cc(OCC2CCCC2)ccc1C(F)(F)F. The first-order valence-electron chi connectivity index (χ1n) is 6.53. The molecule has 2 N–H and O–H groups in total. The highest BCUT2D eigenvalue weighted by Crippen LogP contribution is 2.34. The van der Waals surface area contributed by atoms with Crippen molar-refractivity contribution in [2.45, 2.75) is 38.4 Å². The van der Waals surface area contributed by atoms with Crippen LogP contribution in [0, 0.1) is 5.92 Å². The maximum atomic E-state index is 12.7. The van der Waals surface area contributed by atoms with E-state index in [0.29, 0.717) is 18.3 Å². The van der Waals surface area contributed by atoms with Crippen LogP contribution in [0.1, 0.15) is 36.8 Å². The summed E-state index contributed by atoms with van der Waals surface area (Å²) in [5.41, 5.74) is 4.78. The molecule has 19 heavy (non-hydrogen) atoms. The molecule has 0 radical (unpaired) electrons. The fourth-order valence-electron chi connectivity index (χ4n) is 2.50. The molecule has 1 aliphatic carbocycles. The van der Waals surface area contributed by atoms with Crippen molar-refractivity contribution in [2.24, 2.45) is 11.7 Å². The van der Waals surface area contributed by atoms with Gasteiger partial charge in [0.15, 0.2) is 0 Å². The molecule has 0 aliphatic heterocycles. The van der Waals surface area contributed by atoms with Gasteiger partial charge in [0.05, 0.1) is 12.2 Å². The van der Waals surface area contributed by atoms with Crippen molar-refractivity contribution in [1.29, 1.82) is 0 Å². The average molecular weight is 273 g/mol. The zero-order valence-corrected chi connectivity index (χ0v) is 10.7. The molecule has 0 heterocycles. The molecule has 0 atom stereocenters. The van der Waals surface area contributed by atoms with E-state index in [1.165, 1.54) is 25.0 Å². The summed E-state index contributed by atoms with van der Waals surface area (Å²) in [5.74, 6) is 1.00. The second-order valence-electron chi connectivity index (χ2n) is 4.98. The monoisotopic (exact) mass is 273 g/mol. The Kier molecular flexibility index (Phi) is 4.34. The minimum atomic E-state index is -4.36. The molecular weight excluding hydrogens is 255 g/mol. The number of hydrogen-bond donors (Lipinski definition) is 1. The van der Waals surface area contributed by atoms with E-state index in [-0.39, 0.29) is 12.1 Å². The number of rotatable bonds is 4. The Hall–Kier alpha value is -1.23. The van der Waals surface area contributed by atoms with Gasteiger partial charge in [0, 0.05) is 6.54 Å². The van der Waals surface area contributed by atoms with Crippen LogP contribution < -0.4 is 10.5 Å². The van der Waals surface area contributed by atoms with E-state index >= 15 is 0 Å². The molecule has 0 saturated heterocycles. The van der Waals surface area contributed by atoms with Crippen LogP contribution in [0.15, 0.2) is 18.2 Å². The Balaban J connectivity index is 2.06. The number of halogens is 3. The van der Waals surface area contributed by atoms with Crippen LogP contribution in [0.4, 0.5) is 13.2 Å². The molecule has 0 unspecified atom stereocenters. The Bertz CT molecular complexity index is 425. The van der Waals surface area contributed by atoms with Gasteiger partial charge in [0.1, 0.15) is 5.75 Å². The lowest BCUT2D eigenvalue weighted by atomic mass is 10.1. The standard InChI is InChI=1S/C14H18F3NO/c15-14(16,17)13-6-5-12(7-11(13)8-18)19-9-10-3-1-2-4-10/h5-7,10H,1-4,8-9,18H2. The lowest BCUT2D eigenvalue weighted by molar-refractivity contribution is -0.138. The molecule has 106 valence electrons. The minimum Gasteiger partial charge on any atom is -0.493 e. The first kappa shape index (κ1) is 14.2. The van der Waals surface area contributed by atoms with Gasteiger partial charge in [-0.25, -0.2) is 0 Å². The molecule has 1 saturated carbocycles. The van der Waals surface area contributed by atoms with Crippen molar-refractivity contribution in [3.63, 3.8) is 0 Å². The minimum absolute atomic E-state index is 0.0800. The highest BCUT2D eigenvalue weighted by Gasteiger charge is 2.33. The fraction of sp³-hybridized carbons (Fsp3) is 0.571. The summed E-state index contributed by atoms with van der Waals surface area (Å²) in [6.45, 7) is 0.435. The van der Waals surface area contributed by atoms with Crippen LogP contribution >= 0.6 is 0 Å².